The first-order valence-electron chi connectivity index (χ1n) is 6.40. The molecule has 96 valence electrons. The third-order valence-electron chi connectivity index (χ3n) is 3.09. The van der Waals surface area contributed by atoms with Gasteiger partial charge in [-0.15, -0.1) is 10.2 Å². The van der Waals surface area contributed by atoms with Crippen LogP contribution >= 0.6 is 0 Å². The lowest BCUT2D eigenvalue weighted by atomic mass is 10.1. The maximum absolute atomic E-state index is 4.13. The first kappa shape index (κ1) is 12.4. The summed E-state index contributed by atoms with van der Waals surface area (Å²) in [4.78, 5) is 4.04. The maximum atomic E-state index is 4.13. The molecule has 1 unspecified atom stereocenters. The second-order valence-electron chi connectivity index (χ2n) is 4.94. The summed E-state index contributed by atoms with van der Waals surface area (Å²) in [6, 6.07) is 0. The summed E-state index contributed by atoms with van der Waals surface area (Å²) < 4.78 is 0. The summed E-state index contributed by atoms with van der Waals surface area (Å²) in [7, 11) is 1.78. The van der Waals surface area contributed by atoms with E-state index in [1.807, 2.05) is 0 Å². The van der Waals surface area contributed by atoms with E-state index in [4.69, 9.17) is 0 Å². The van der Waals surface area contributed by atoms with Gasteiger partial charge in [0.25, 0.3) is 0 Å². The van der Waals surface area contributed by atoms with E-state index < -0.39 is 0 Å². The topological polar surface area (TPSA) is 58.9 Å². The number of aryl methyl sites for hydroxylation is 1. The molecule has 1 N–H and O–H groups in total. The van der Waals surface area contributed by atoms with Gasteiger partial charge in [0, 0.05) is 6.54 Å². The van der Waals surface area contributed by atoms with Gasteiger partial charge in [0.1, 0.15) is 0 Å². The third kappa shape index (κ3) is 4.05. The molecule has 0 amide bonds. The lowest BCUT2D eigenvalue weighted by Crippen LogP contribution is -2.31. The number of nitrogens with zero attached hydrogens (tertiary/aromatic N) is 5. The highest BCUT2D eigenvalue weighted by molar-refractivity contribution is 4.76. The Morgan fingerprint density at radius 1 is 1.35 bits per heavy atom. The second kappa shape index (κ2) is 6.07. The first-order chi connectivity index (χ1) is 8.24. The van der Waals surface area contributed by atoms with Crippen LogP contribution in [0.2, 0.25) is 0 Å². The van der Waals surface area contributed by atoms with E-state index in [0.29, 0.717) is 12.5 Å². The van der Waals surface area contributed by atoms with Crippen LogP contribution in [-0.4, -0.2) is 51.3 Å². The van der Waals surface area contributed by atoms with Crippen LogP contribution < -0.4 is 5.32 Å². The third-order valence-corrected chi connectivity index (χ3v) is 3.09. The van der Waals surface area contributed by atoms with E-state index in [1.165, 1.54) is 37.3 Å². The van der Waals surface area contributed by atoms with Crippen LogP contribution in [0.3, 0.4) is 0 Å². The smallest absolute Gasteiger partial charge is 0.188 e. The van der Waals surface area contributed by atoms with Crippen molar-refractivity contribution in [3.8, 4) is 0 Å². The fourth-order valence-electron chi connectivity index (χ4n) is 2.30. The average molecular weight is 238 g/mol. The summed E-state index contributed by atoms with van der Waals surface area (Å²) in [6.07, 6.45) is 2.73. The van der Waals surface area contributed by atoms with Crippen molar-refractivity contribution in [3.63, 3.8) is 0 Å². The predicted octanol–water partition coefficient (Wildman–Crippen LogP) is 0.0316. The molecule has 0 radical (unpaired) electrons. The normalized spacial score (nSPS) is 18.7. The van der Waals surface area contributed by atoms with Gasteiger partial charge >= 0.3 is 0 Å². The van der Waals surface area contributed by atoms with Gasteiger partial charge in [-0.05, 0) is 43.6 Å². The molecule has 1 fully saturated rings. The number of tetrazole rings is 1. The number of hydrogen-bond acceptors (Lipinski definition) is 5. The van der Waals surface area contributed by atoms with Gasteiger partial charge in [0.05, 0.1) is 13.6 Å². The Morgan fingerprint density at radius 2 is 2.12 bits per heavy atom. The molecule has 1 aromatic rings. The van der Waals surface area contributed by atoms with Crippen molar-refractivity contribution < 1.29 is 0 Å². The largest absolute Gasteiger partial charge is 0.309 e. The second-order valence-corrected chi connectivity index (χ2v) is 4.94. The summed E-state index contributed by atoms with van der Waals surface area (Å²) >= 11 is 0. The van der Waals surface area contributed by atoms with Crippen molar-refractivity contribution in [1.82, 2.24) is 30.4 Å². The minimum atomic E-state index is 0.671. The van der Waals surface area contributed by atoms with E-state index in [2.05, 4.69) is 32.6 Å². The lowest BCUT2D eigenvalue weighted by molar-refractivity contribution is 0.282. The Labute approximate surface area is 102 Å². The lowest BCUT2D eigenvalue weighted by Gasteiger charge is -2.20. The number of nitrogens with one attached hydrogen (secondary N) is 1. The van der Waals surface area contributed by atoms with Gasteiger partial charge in [0.15, 0.2) is 5.82 Å². The Morgan fingerprint density at radius 3 is 2.76 bits per heavy atom. The molecular formula is C11H22N6. The zero-order chi connectivity index (χ0) is 12.1. The zero-order valence-corrected chi connectivity index (χ0v) is 10.8. The van der Waals surface area contributed by atoms with Gasteiger partial charge < -0.3 is 10.2 Å². The molecule has 0 aromatic carbocycles. The van der Waals surface area contributed by atoms with Crippen LogP contribution in [0.1, 0.15) is 25.6 Å². The molecule has 1 atom stereocenters. The minimum Gasteiger partial charge on any atom is -0.309 e. The zero-order valence-electron chi connectivity index (χ0n) is 10.8. The first-order valence-corrected chi connectivity index (χ1v) is 6.40. The van der Waals surface area contributed by atoms with Crippen molar-refractivity contribution in [1.29, 1.82) is 0 Å². The molecule has 6 nitrogen and oxygen atoms in total. The summed E-state index contributed by atoms with van der Waals surface area (Å²) in [5.74, 6) is 1.44. The van der Waals surface area contributed by atoms with Gasteiger partial charge in [-0.3, -0.25) is 0 Å². The van der Waals surface area contributed by atoms with Gasteiger partial charge in [-0.25, -0.2) is 0 Å². The van der Waals surface area contributed by atoms with E-state index in [1.54, 1.807) is 7.05 Å². The van der Waals surface area contributed by atoms with Crippen LogP contribution in [0.15, 0.2) is 0 Å². The highest BCUT2D eigenvalue weighted by Crippen LogP contribution is 2.09. The molecular weight excluding hydrogens is 216 g/mol. The molecule has 1 aliphatic rings. The Balaban J connectivity index is 1.60. The van der Waals surface area contributed by atoms with Gasteiger partial charge in [-0.1, -0.05) is 6.92 Å². The van der Waals surface area contributed by atoms with E-state index in [9.17, 15) is 0 Å². The average Bonchev–Trinajstić information content (AvgIpc) is 2.90. The van der Waals surface area contributed by atoms with Crippen LogP contribution in [0.5, 0.6) is 0 Å². The standard InChI is InChI=1S/C11H22N6/c1-10(9-17-5-3-4-6-17)7-12-8-11-13-15-16(2)14-11/h10,12H,3-9H2,1-2H3. The number of likely N-dealkylation sites (tertiary alicyclic amines) is 1. The van der Waals surface area contributed by atoms with Crippen molar-refractivity contribution in [2.75, 3.05) is 26.2 Å². The van der Waals surface area contributed by atoms with Gasteiger partial charge in [-0.2, -0.15) is 4.80 Å². The Kier molecular flexibility index (Phi) is 4.44. The van der Waals surface area contributed by atoms with Crippen molar-refractivity contribution in [2.24, 2.45) is 13.0 Å². The van der Waals surface area contributed by atoms with Gasteiger partial charge in [0.2, 0.25) is 0 Å². The molecule has 1 aliphatic heterocycles. The Bertz CT molecular complexity index is 330. The fourth-order valence-corrected chi connectivity index (χ4v) is 2.30. The molecule has 17 heavy (non-hydrogen) atoms. The number of hydrogen-bond donors (Lipinski definition) is 1. The fraction of sp³-hybridized carbons (Fsp3) is 0.909. The molecule has 0 aliphatic carbocycles. The van der Waals surface area contributed by atoms with Crippen molar-refractivity contribution in [3.05, 3.63) is 5.82 Å². The molecule has 1 aromatic heterocycles. The highest BCUT2D eigenvalue weighted by atomic mass is 15.6. The van der Waals surface area contributed by atoms with Crippen LogP contribution in [0.4, 0.5) is 0 Å². The molecule has 0 saturated carbocycles. The van der Waals surface area contributed by atoms with Crippen LogP contribution in [0.25, 0.3) is 0 Å². The molecule has 1 saturated heterocycles. The molecule has 0 bridgehead atoms. The maximum Gasteiger partial charge on any atom is 0.188 e. The van der Waals surface area contributed by atoms with Crippen LogP contribution in [-0.2, 0) is 13.6 Å². The highest BCUT2D eigenvalue weighted by Gasteiger charge is 2.14. The summed E-state index contributed by atoms with van der Waals surface area (Å²) in [6.45, 7) is 7.75. The predicted molar refractivity (Wildman–Crippen MR) is 65.3 cm³/mol. The SMILES string of the molecule is CC(CNCc1nnn(C)n1)CN1CCCC1. The molecule has 6 heteroatoms. The molecule has 0 spiro atoms. The number of aromatic nitrogens is 4. The van der Waals surface area contributed by atoms with E-state index in [-0.39, 0.29) is 0 Å². The monoisotopic (exact) mass is 238 g/mol. The summed E-state index contributed by atoms with van der Waals surface area (Å²) in [5, 5.41) is 15.3. The van der Waals surface area contributed by atoms with Crippen molar-refractivity contribution >= 4 is 0 Å². The number of rotatable bonds is 6. The van der Waals surface area contributed by atoms with Crippen molar-refractivity contribution in [2.45, 2.75) is 26.3 Å². The summed E-state index contributed by atoms with van der Waals surface area (Å²) in [5.41, 5.74) is 0. The van der Waals surface area contributed by atoms with E-state index in [0.717, 1.165) is 12.4 Å². The van der Waals surface area contributed by atoms with E-state index >= 15 is 0 Å². The Hall–Kier alpha value is -1.01. The minimum absolute atomic E-state index is 0.671. The molecule has 2 heterocycles. The quantitative estimate of drug-likeness (QED) is 0.758. The molecule has 2 rings (SSSR count). The van der Waals surface area contributed by atoms with Crippen LogP contribution in [0, 0.1) is 5.92 Å².